The lowest BCUT2D eigenvalue weighted by molar-refractivity contribution is 0.104. The summed E-state index contributed by atoms with van der Waals surface area (Å²) in [4.78, 5) is 12.3. The van der Waals surface area contributed by atoms with Gasteiger partial charge < -0.3 is 4.74 Å². The predicted molar refractivity (Wildman–Crippen MR) is 83.7 cm³/mol. The van der Waals surface area contributed by atoms with Crippen molar-refractivity contribution in [3.05, 3.63) is 52.9 Å². The molecule has 0 aliphatic rings. The van der Waals surface area contributed by atoms with E-state index >= 15 is 0 Å². The lowest BCUT2D eigenvalue weighted by atomic mass is 10.1. The molecular weight excluding hydrogens is 264 g/mol. The van der Waals surface area contributed by atoms with Crippen molar-refractivity contribution >= 4 is 11.9 Å². The van der Waals surface area contributed by atoms with Crippen LogP contribution in [-0.2, 0) is 7.05 Å². The molecule has 4 nitrogen and oxygen atoms in total. The van der Waals surface area contributed by atoms with E-state index in [1.54, 1.807) is 10.8 Å². The van der Waals surface area contributed by atoms with Crippen LogP contribution in [0.5, 0.6) is 5.75 Å². The zero-order valence-corrected chi connectivity index (χ0v) is 12.9. The standard InChI is InChI=1S/C17H20N2O2/c1-5-21-15-9-6-14(7-10-15)8-11-16(20)17-12(2)18-19(4)13(17)3/h6-11H,5H2,1-4H3/b11-8+. The van der Waals surface area contributed by atoms with Crippen molar-refractivity contribution in [2.45, 2.75) is 20.8 Å². The molecule has 0 bridgehead atoms. The maximum atomic E-state index is 12.3. The Bertz CT molecular complexity index is 667. The third kappa shape index (κ3) is 3.40. The normalized spacial score (nSPS) is 11.0. The quantitative estimate of drug-likeness (QED) is 0.625. The number of benzene rings is 1. The van der Waals surface area contributed by atoms with Crippen LogP contribution in [-0.4, -0.2) is 22.2 Å². The van der Waals surface area contributed by atoms with E-state index in [2.05, 4.69) is 5.10 Å². The molecule has 0 fully saturated rings. The molecule has 0 amide bonds. The molecule has 0 unspecified atom stereocenters. The Morgan fingerprint density at radius 1 is 1.29 bits per heavy atom. The van der Waals surface area contributed by atoms with Gasteiger partial charge in [-0.15, -0.1) is 0 Å². The lowest BCUT2D eigenvalue weighted by Gasteiger charge is -2.02. The fraction of sp³-hybridized carbons (Fsp3) is 0.294. The highest BCUT2D eigenvalue weighted by Gasteiger charge is 2.14. The molecule has 110 valence electrons. The molecular formula is C17H20N2O2. The van der Waals surface area contributed by atoms with Crippen LogP contribution in [0.2, 0.25) is 0 Å². The summed E-state index contributed by atoms with van der Waals surface area (Å²) < 4.78 is 7.12. The summed E-state index contributed by atoms with van der Waals surface area (Å²) in [5.74, 6) is 0.812. The Labute approximate surface area is 125 Å². The Kier molecular flexibility index (Phi) is 4.58. The van der Waals surface area contributed by atoms with Crippen molar-refractivity contribution < 1.29 is 9.53 Å². The van der Waals surface area contributed by atoms with Crippen LogP contribution < -0.4 is 4.74 Å². The molecule has 0 saturated carbocycles. The molecule has 4 heteroatoms. The molecule has 1 aromatic carbocycles. The summed E-state index contributed by atoms with van der Waals surface area (Å²) in [5, 5.41) is 4.26. The minimum Gasteiger partial charge on any atom is -0.494 e. The summed E-state index contributed by atoms with van der Waals surface area (Å²) in [5.41, 5.74) is 3.29. The maximum absolute atomic E-state index is 12.3. The fourth-order valence-corrected chi connectivity index (χ4v) is 2.23. The van der Waals surface area contributed by atoms with Crippen LogP contribution in [0.3, 0.4) is 0 Å². The zero-order chi connectivity index (χ0) is 15.4. The third-order valence-electron chi connectivity index (χ3n) is 3.37. The molecule has 1 heterocycles. The number of carbonyl (C=O) groups is 1. The minimum absolute atomic E-state index is 0.0213. The Morgan fingerprint density at radius 2 is 1.95 bits per heavy atom. The monoisotopic (exact) mass is 284 g/mol. The van der Waals surface area contributed by atoms with Gasteiger partial charge in [0.1, 0.15) is 5.75 Å². The van der Waals surface area contributed by atoms with Gasteiger partial charge in [0.15, 0.2) is 5.78 Å². The largest absolute Gasteiger partial charge is 0.494 e. The fourth-order valence-electron chi connectivity index (χ4n) is 2.23. The molecule has 0 aliphatic heterocycles. The van der Waals surface area contributed by atoms with Crippen molar-refractivity contribution in [3.8, 4) is 5.75 Å². The number of aromatic nitrogens is 2. The third-order valence-corrected chi connectivity index (χ3v) is 3.37. The average molecular weight is 284 g/mol. The lowest BCUT2D eigenvalue weighted by Crippen LogP contribution is -1.99. The second-order valence-electron chi connectivity index (χ2n) is 4.87. The summed E-state index contributed by atoms with van der Waals surface area (Å²) >= 11 is 0. The molecule has 2 aromatic rings. The Morgan fingerprint density at radius 3 is 2.48 bits per heavy atom. The van der Waals surface area contributed by atoms with Crippen molar-refractivity contribution in [1.82, 2.24) is 9.78 Å². The van der Waals surface area contributed by atoms with Crippen molar-refractivity contribution in [3.63, 3.8) is 0 Å². The highest BCUT2D eigenvalue weighted by Crippen LogP contribution is 2.16. The van der Waals surface area contributed by atoms with Gasteiger partial charge in [0.25, 0.3) is 0 Å². The molecule has 0 saturated heterocycles. The average Bonchev–Trinajstić information content (AvgIpc) is 2.71. The first-order valence-electron chi connectivity index (χ1n) is 6.98. The van der Waals surface area contributed by atoms with E-state index in [4.69, 9.17) is 4.74 Å². The molecule has 2 rings (SSSR count). The second kappa shape index (κ2) is 6.39. The smallest absolute Gasteiger partial charge is 0.189 e. The number of allylic oxidation sites excluding steroid dienone is 1. The van der Waals surface area contributed by atoms with Gasteiger partial charge in [-0.25, -0.2) is 0 Å². The first-order chi connectivity index (χ1) is 10.0. The molecule has 21 heavy (non-hydrogen) atoms. The number of hydrogen-bond donors (Lipinski definition) is 0. The molecule has 0 aliphatic carbocycles. The van der Waals surface area contributed by atoms with Crippen molar-refractivity contribution in [2.24, 2.45) is 7.05 Å². The minimum atomic E-state index is -0.0213. The summed E-state index contributed by atoms with van der Waals surface area (Å²) in [7, 11) is 1.84. The Balaban J connectivity index is 2.15. The molecule has 1 aromatic heterocycles. The number of nitrogens with zero attached hydrogens (tertiary/aromatic N) is 2. The van der Waals surface area contributed by atoms with Gasteiger partial charge in [-0.05, 0) is 44.5 Å². The van der Waals surface area contributed by atoms with Crippen LogP contribution in [0.15, 0.2) is 30.3 Å². The number of rotatable bonds is 5. The summed E-state index contributed by atoms with van der Waals surface area (Å²) in [6.07, 6.45) is 3.40. The predicted octanol–water partition coefficient (Wildman–Crippen LogP) is 3.33. The van der Waals surface area contributed by atoms with Gasteiger partial charge in [0, 0.05) is 12.7 Å². The van der Waals surface area contributed by atoms with E-state index < -0.39 is 0 Å². The molecule has 0 atom stereocenters. The molecule has 0 N–H and O–H groups in total. The molecule has 0 spiro atoms. The van der Waals surface area contributed by atoms with Crippen LogP contribution in [0.1, 0.15) is 34.2 Å². The van der Waals surface area contributed by atoms with Gasteiger partial charge in [-0.3, -0.25) is 9.48 Å². The van der Waals surface area contributed by atoms with Gasteiger partial charge in [0.05, 0.1) is 17.9 Å². The summed E-state index contributed by atoms with van der Waals surface area (Å²) in [6.45, 7) is 6.35. The molecule has 0 radical (unpaired) electrons. The van der Waals surface area contributed by atoms with E-state index in [-0.39, 0.29) is 5.78 Å². The zero-order valence-electron chi connectivity index (χ0n) is 12.9. The topological polar surface area (TPSA) is 44.1 Å². The highest BCUT2D eigenvalue weighted by atomic mass is 16.5. The van der Waals surface area contributed by atoms with Gasteiger partial charge >= 0.3 is 0 Å². The summed E-state index contributed by atoms with van der Waals surface area (Å²) in [6, 6.07) is 7.65. The van der Waals surface area contributed by atoms with Crippen molar-refractivity contribution in [1.29, 1.82) is 0 Å². The van der Waals surface area contributed by atoms with Gasteiger partial charge in [-0.2, -0.15) is 5.10 Å². The van der Waals surface area contributed by atoms with Gasteiger partial charge in [0.2, 0.25) is 0 Å². The number of ether oxygens (including phenoxy) is 1. The first kappa shape index (κ1) is 15.0. The number of carbonyl (C=O) groups excluding carboxylic acids is 1. The van der Waals surface area contributed by atoms with Crippen LogP contribution >= 0.6 is 0 Å². The van der Waals surface area contributed by atoms with Crippen molar-refractivity contribution in [2.75, 3.05) is 6.61 Å². The van der Waals surface area contributed by atoms with E-state index in [1.165, 1.54) is 0 Å². The van der Waals surface area contributed by atoms with Gasteiger partial charge in [-0.1, -0.05) is 18.2 Å². The van der Waals surface area contributed by atoms with E-state index in [9.17, 15) is 4.79 Å². The number of hydrogen-bond acceptors (Lipinski definition) is 3. The van der Waals surface area contributed by atoms with E-state index in [1.807, 2.05) is 58.2 Å². The SMILES string of the molecule is CCOc1ccc(/C=C/C(=O)c2c(C)nn(C)c2C)cc1. The van der Waals surface area contributed by atoms with Crippen LogP contribution in [0.4, 0.5) is 0 Å². The Hall–Kier alpha value is -2.36. The van der Waals surface area contributed by atoms with Crippen LogP contribution in [0, 0.1) is 13.8 Å². The maximum Gasteiger partial charge on any atom is 0.189 e. The number of ketones is 1. The van der Waals surface area contributed by atoms with E-state index in [0.717, 1.165) is 22.7 Å². The highest BCUT2D eigenvalue weighted by molar-refractivity contribution is 6.08. The van der Waals surface area contributed by atoms with E-state index in [0.29, 0.717) is 12.2 Å². The second-order valence-corrected chi connectivity index (χ2v) is 4.87. The van der Waals surface area contributed by atoms with Crippen LogP contribution in [0.25, 0.3) is 6.08 Å². The number of aryl methyl sites for hydroxylation is 2. The first-order valence-corrected chi connectivity index (χ1v) is 6.98.